The molecule has 0 radical (unpaired) electrons. The summed E-state index contributed by atoms with van der Waals surface area (Å²) in [7, 11) is 0. The monoisotopic (exact) mass is 289 g/mol. The molecule has 2 aromatic rings. The molecule has 1 N–H and O–H groups in total. The number of carboxylic acid groups (broad SMARTS) is 1. The second-order valence-corrected chi connectivity index (χ2v) is 4.85. The van der Waals surface area contributed by atoms with E-state index in [1.54, 1.807) is 24.3 Å². The van der Waals surface area contributed by atoms with Gasteiger partial charge in [0.05, 0.1) is 0 Å². The lowest BCUT2D eigenvalue weighted by Gasteiger charge is -2.30. The molecule has 0 aliphatic rings. The second kappa shape index (κ2) is 6.44. The molecular weight excluding hydrogens is 274 g/mol. The third-order valence-corrected chi connectivity index (χ3v) is 3.41. The number of nitrogens with zero attached hydrogens (tertiary/aromatic N) is 1. The molecule has 3 nitrogen and oxygen atoms in total. The van der Waals surface area contributed by atoms with E-state index in [0.717, 1.165) is 5.69 Å². The quantitative estimate of drug-likeness (QED) is 0.905. The van der Waals surface area contributed by atoms with Crippen molar-refractivity contribution in [3.05, 3.63) is 65.2 Å². The molecule has 0 saturated heterocycles. The number of carboxylic acids is 1. The minimum absolute atomic E-state index is 0.598. The molecule has 0 aliphatic heterocycles. The predicted octanol–water partition coefficient (Wildman–Crippen LogP) is 3.99. The zero-order valence-electron chi connectivity index (χ0n) is 11.2. The summed E-state index contributed by atoms with van der Waals surface area (Å²) in [5.41, 5.74) is 1.60. The summed E-state index contributed by atoms with van der Waals surface area (Å²) in [5, 5.41) is 10.2. The topological polar surface area (TPSA) is 40.5 Å². The van der Waals surface area contributed by atoms with Crippen LogP contribution in [-0.2, 0) is 4.79 Å². The Hall–Kier alpha value is -2.00. The van der Waals surface area contributed by atoms with Crippen LogP contribution in [0.1, 0.15) is 18.5 Å². The van der Waals surface area contributed by atoms with Crippen molar-refractivity contribution in [1.82, 2.24) is 0 Å². The third-order valence-electron chi connectivity index (χ3n) is 3.16. The lowest BCUT2D eigenvalue weighted by atomic mass is 10.0. The number of hydrogen-bond acceptors (Lipinski definition) is 2. The van der Waals surface area contributed by atoms with E-state index in [1.165, 1.54) is 0 Å². The molecule has 0 saturated carbocycles. The summed E-state index contributed by atoms with van der Waals surface area (Å²) in [6.45, 7) is 2.54. The van der Waals surface area contributed by atoms with E-state index in [4.69, 9.17) is 11.6 Å². The molecule has 0 aliphatic carbocycles. The summed E-state index contributed by atoms with van der Waals surface area (Å²) < 4.78 is 0. The van der Waals surface area contributed by atoms with Gasteiger partial charge in [-0.15, -0.1) is 0 Å². The second-order valence-electron chi connectivity index (χ2n) is 4.41. The Morgan fingerprint density at radius 3 is 2.25 bits per heavy atom. The fourth-order valence-corrected chi connectivity index (χ4v) is 2.36. The van der Waals surface area contributed by atoms with Crippen LogP contribution >= 0.6 is 11.6 Å². The van der Waals surface area contributed by atoms with Crippen molar-refractivity contribution in [3.8, 4) is 0 Å². The van der Waals surface area contributed by atoms with Gasteiger partial charge in [0.1, 0.15) is 0 Å². The van der Waals surface area contributed by atoms with Crippen LogP contribution in [0.4, 0.5) is 5.69 Å². The van der Waals surface area contributed by atoms with Gasteiger partial charge in [0.15, 0.2) is 6.04 Å². The Balaban J connectivity index is 2.41. The van der Waals surface area contributed by atoms with Gasteiger partial charge >= 0.3 is 5.97 Å². The Morgan fingerprint density at radius 2 is 1.75 bits per heavy atom. The van der Waals surface area contributed by atoms with E-state index in [2.05, 4.69) is 0 Å². The fourth-order valence-electron chi connectivity index (χ4n) is 2.23. The van der Waals surface area contributed by atoms with Crippen LogP contribution in [0.15, 0.2) is 54.6 Å². The smallest absolute Gasteiger partial charge is 0.331 e. The molecule has 0 bridgehead atoms. The Kier molecular flexibility index (Phi) is 4.64. The van der Waals surface area contributed by atoms with Crippen LogP contribution in [0.5, 0.6) is 0 Å². The molecule has 2 rings (SSSR count). The van der Waals surface area contributed by atoms with E-state index < -0.39 is 12.0 Å². The standard InChI is InChI=1S/C16H16ClNO2/c1-2-18(14-6-4-3-5-7-14)15(16(19)20)12-8-10-13(17)11-9-12/h3-11,15H,2H2,1H3,(H,19,20). The number of benzene rings is 2. The molecule has 0 heterocycles. The molecule has 1 atom stereocenters. The Morgan fingerprint density at radius 1 is 1.15 bits per heavy atom. The fraction of sp³-hybridized carbons (Fsp3) is 0.188. The van der Waals surface area contributed by atoms with Crippen LogP contribution in [0.25, 0.3) is 0 Å². The predicted molar refractivity (Wildman–Crippen MR) is 81.3 cm³/mol. The van der Waals surface area contributed by atoms with Crippen molar-refractivity contribution in [3.63, 3.8) is 0 Å². The molecule has 0 fully saturated rings. The average Bonchev–Trinajstić information content (AvgIpc) is 2.46. The van der Waals surface area contributed by atoms with Gasteiger partial charge in [-0.2, -0.15) is 0 Å². The molecule has 0 spiro atoms. The molecule has 1 unspecified atom stereocenters. The normalized spacial score (nSPS) is 11.9. The largest absolute Gasteiger partial charge is 0.479 e. The van der Waals surface area contributed by atoms with Crippen molar-refractivity contribution in [1.29, 1.82) is 0 Å². The maximum Gasteiger partial charge on any atom is 0.331 e. The molecule has 104 valence electrons. The third kappa shape index (κ3) is 3.11. The molecule has 20 heavy (non-hydrogen) atoms. The van der Waals surface area contributed by atoms with E-state index in [0.29, 0.717) is 17.1 Å². The van der Waals surface area contributed by atoms with Crippen LogP contribution < -0.4 is 4.90 Å². The first-order chi connectivity index (χ1) is 9.63. The van der Waals surface area contributed by atoms with Gasteiger partial charge < -0.3 is 10.0 Å². The first-order valence-electron chi connectivity index (χ1n) is 6.43. The summed E-state index contributed by atoms with van der Waals surface area (Å²) in [6.07, 6.45) is 0. The minimum atomic E-state index is -0.877. The Labute approximate surface area is 123 Å². The number of aliphatic carboxylic acids is 1. The highest BCUT2D eigenvalue weighted by molar-refractivity contribution is 6.30. The molecular formula is C16H16ClNO2. The zero-order valence-corrected chi connectivity index (χ0v) is 11.9. The van der Waals surface area contributed by atoms with Gasteiger partial charge in [0.25, 0.3) is 0 Å². The van der Waals surface area contributed by atoms with E-state index in [1.807, 2.05) is 42.2 Å². The van der Waals surface area contributed by atoms with Gasteiger partial charge in [-0.05, 0) is 36.8 Å². The van der Waals surface area contributed by atoms with E-state index >= 15 is 0 Å². The van der Waals surface area contributed by atoms with Crippen LogP contribution in [0, 0.1) is 0 Å². The summed E-state index contributed by atoms with van der Waals surface area (Å²) >= 11 is 5.87. The number of para-hydroxylation sites is 1. The number of carbonyl (C=O) groups is 1. The maximum atomic E-state index is 11.7. The Bertz CT molecular complexity index is 569. The molecule has 2 aromatic carbocycles. The lowest BCUT2D eigenvalue weighted by molar-refractivity contribution is -0.138. The summed E-state index contributed by atoms with van der Waals surface area (Å²) in [4.78, 5) is 13.5. The highest BCUT2D eigenvalue weighted by Gasteiger charge is 2.26. The molecule has 4 heteroatoms. The van der Waals surface area contributed by atoms with Crippen molar-refractivity contribution in [2.24, 2.45) is 0 Å². The van der Waals surface area contributed by atoms with Gasteiger partial charge in [0.2, 0.25) is 0 Å². The van der Waals surface area contributed by atoms with Crippen molar-refractivity contribution < 1.29 is 9.90 Å². The SMILES string of the molecule is CCN(c1ccccc1)C(C(=O)O)c1ccc(Cl)cc1. The van der Waals surface area contributed by atoms with Crippen LogP contribution in [-0.4, -0.2) is 17.6 Å². The number of likely N-dealkylation sites (N-methyl/N-ethyl adjacent to an activating group) is 1. The van der Waals surface area contributed by atoms with Gasteiger partial charge in [-0.25, -0.2) is 4.79 Å². The highest BCUT2D eigenvalue weighted by Crippen LogP contribution is 2.28. The van der Waals surface area contributed by atoms with E-state index in [-0.39, 0.29) is 0 Å². The van der Waals surface area contributed by atoms with Crippen molar-refractivity contribution >= 4 is 23.3 Å². The first-order valence-corrected chi connectivity index (χ1v) is 6.81. The highest BCUT2D eigenvalue weighted by atomic mass is 35.5. The summed E-state index contributed by atoms with van der Waals surface area (Å²) in [5.74, 6) is -0.877. The van der Waals surface area contributed by atoms with Crippen molar-refractivity contribution in [2.75, 3.05) is 11.4 Å². The van der Waals surface area contributed by atoms with Crippen molar-refractivity contribution in [2.45, 2.75) is 13.0 Å². The average molecular weight is 290 g/mol. The van der Waals surface area contributed by atoms with Gasteiger partial charge in [-0.3, -0.25) is 0 Å². The van der Waals surface area contributed by atoms with Gasteiger partial charge in [-0.1, -0.05) is 41.9 Å². The van der Waals surface area contributed by atoms with Gasteiger partial charge in [0, 0.05) is 17.3 Å². The maximum absolute atomic E-state index is 11.7. The van der Waals surface area contributed by atoms with Crippen LogP contribution in [0.2, 0.25) is 5.02 Å². The zero-order chi connectivity index (χ0) is 14.5. The summed E-state index contributed by atoms with van der Waals surface area (Å²) in [6, 6.07) is 15.8. The number of anilines is 1. The lowest BCUT2D eigenvalue weighted by Crippen LogP contribution is -2.34. The number of halogens is 1. The number of hydrogen-bond donors (Lipinski definition) is 1. The molecule has 0 aromatic heterocycles. The first kappa shape index (κ1) is 14.4. The minimum Gasteiger partial charge on any atom is -0.479 e. The van der Waals surface area contributed by atoms with E-state index in [9.17, 15) is 9.90 Å². The van der Waals surface area contributed by atoms with Crippen LogP contribution in [0.3, 0.4) is 0 Å². The number of rotatable bonds is 5. The molecule has 0 amide bonds.